The molecule has 0 unspecified atom stereocenters. The zero-order valence-electron chi connectivity index (χ0n) is 23.1. The van der Waals surface area contributed by atoms with Gasteiger partial charge in [-0.2, -0.15) is 0 Å². The number of aromatic nitrogens is 1. The van der Waals surface area contributed by atoms with Crippen LogP contribution in [0.25, 0.3) is 64.0 Å². The molecule has 3 aromatic heterocycles. The van der Waals surface area contributed by atoms with Gasteiger partial charge < -0.3 is 4.42 Å². The van der Waals surface area contributed by atoms with Crippen molar-refractivity contribution < 1.29 is 4.42 Å². The molecule has 43 heavy (non-hydrogen) atoms. The first-order chi connectivity index (χ1) is 21.3. The predicted octanol–water partition coefficient (Wildman–Crippen LogP) is 11.6. The minimum atomic E-state index is 0.809. The van der Waals surface area contributed by atoms with E-state index in [1.807, 2.05) is 23.6 Å². The van der Waals surface area contributed by atoms with Gasteiger partial charge >= 0.3 is 0 Å². The number of furan rings is 1. The van der Waals surface area contributed by atoms with Crippen LogP contribution in [0.15, 0.2) is 150 Å². The average molecular weight is 569 g/mol. The lowest BCUT2D eigenvalue weighted by Gasteiger charge is -2.24. The second-order valence-corrected chi connectivity index (χ2v) is 11.9. The van der Waals surface area contributed by atoms with Crippen LogP contribution in [-0.4, -0.2) is 4.98 Å². The second-order valence-electron chi connectivity index (χ2n) is 10.8. The summed E-state index contributed by atoms with van der Waals surface area (Å²) in [7, 11) is 0. The van der Waals surface area contributed by atoms with E-state index in [1.165, 1.54) is 42.1 Å². The highest BCUT2D eigenvalue weighted by Crippen LogP contribution is 2.42. The fourth-order valence-corrected chi connectivity index (χ4v) is 7.39. The van der Waals surface area contributed by atoms with Gasteiger partial charge in [0.15, 0.2) is 0 Å². The Kier molecular flexibility index (Phi) is 5.37. The first-order valence-electron chi connectivity index (χ1n) is 14.4. The van der Waals surface area contributed by atoms with E-state index >= 15 is 0 Å². The van der Waals surface area contributed by atoms with E-state index in [2.05, 4.69) is 138 Å². The molecule has 3 heterocycles. The zero-order chi connectivity index (χ0) is 28.3. The van der Waals surface area contributed by atoms with Crippen LogP contribution < -0.4 is 4.90 Å². The number of rotatable bonds is 4. The first-order valence-corrected chi connectivity index (χ1v) is 15.2. The maximum atomic E-state index is 6.45. The molecule has 4 heteroatoms. The summed E-state index contributed by atoms with van der Waals surface area (Å²) in [5.74, 6) is 0.809. The Hall–Kier alpha value is -5.45. The quantitative estimate of drug-likeness (QED) is 0.211. The highest BCUT2D eigenvalue weighted by atomic mass is 32.1. The lowest BCUT2D eigenvalue weighted by molar-refractivity contribution is 0.669. The summed E-state index contributed by atoms with van der Waals surface area (Å²) in [4.78, 5) is 7.29. The summed E-state index contributed by atoms with van der Waals surface area (Å²) in [6.07, 6.45) is 1.96. The van der Waals surface area contributed by atoms with Crippen LogP contribution in [0.1, 0.15) is 0 Å². The molecule has 9 aromatic rings. The fraction of sp³-hybridized carbons (Fsp3) is 0. The average Bonchev–Trinajstić information content (AvgIpc) is 3.63. The third kappa shape index (κ3) is 3.92. The number of hydrogen-bond donors (Lipinski definition) is 0. The van der Waals surface area contributed by atoms with Crippen LogP contribution in [0.5, 0.6) is 0 Å². The van der Waals surface area contributed by atoms with Crippen LogP contribution in [-0.2, 0) is 0 Å². The van der Waals surface area contributed by atoms with Gasteiger partial charge in [0.2, 0.25) is 0 Å². The van der Waals surface area contributed by atoms with Crippen molar-refractivity contribution in [1.82, 2.24) is 4.98 Å². The third-order valence-electron chi connectivity index (χ3n) is 8.31. The zero-order valence-corrected chi connectivity index (χ0v) is 23.9. The monoisotopic (exact) mass is 568 g/mol. The van der Waals surface area contributed by atoms with Gasteiger partial charge in [-0.15, -0.1) is 11.3 Å². The molecule has 0 spiro atoms. The van der Waals surface area contributed by atoms with Gasteiger partial charge in [-0.05, 0) is 58.3 Å². The number of benzene rings is 6. The Morgan fingerprint density at radius 3 is 2.12 bits per heavy atom. The maximum Gasteiger partial charge on any atom is 0.141 e. The van der Waals surface area contributed by atoms with Gasteiger partial charge in [0, 0.05) is 54.6 Å². The molecule has 0 aliphatic rings. The summed E-state index contributed by atoms with van der Waals surface area (Å²) in [6.45, 7) is 0. The Morgan fingerprint density at radius 1 is 0.512 bits per heavy atom. The summed E-state index contributed by atoms with van der Waals surface area (Å²) in [5, 5.41) is 7.07. The lowest BCUT2D eigenvalue weighted by Crippen LogP contribution is -2.11. The minimum absolute atomic E-state index is 0.809. The van der Waals surface area contributed by atoms with Crippen molar-refractivity contribution in [2.24, 2.45) is 0 Å². The van der Waals surface area contributed by atoms with Crippen molar-refractivity contribution in [1.29, 1.82) is 0 Å². The molecule has 0 atom stereocenters. The third-order valence-corrected chi connectivity index (χ3v) is 9.45. The maximum absolute atomic E-state index is 6.45. The molecule has 6 aromatic carbocycles. The molecule has 0 saturated carbocycles. The van der Waals surface area contributed by atoms with Crippen molar-refractivity contribution in [3.63, 3.8) is 0 Å². The van der Waals surface area contributed by atoms with Gasteiger partial charge in [-0.25, -0.2) is 4.98 Å². The molecule has 202 valence electrons. The molecule has 3 nitrogen and oxygen atoms in total. The number of anilines is 3. The van der Waals surface area contributed by atoms with Gasteiger partial charge in [0.1, 0.15) is 17.0 Å². The van der Waals surface area contributed by atoms with Crippen molar-refractivity contribution in [2.45, 2.75) is 0 Å². The Balaban J connectivity index is 1.23. The second kappa shape index (κ2) is 9.55. The Labute approximate surface area is 251 Å². The van der Waals surface area contributed by atoms with Crippen LogP contribution >= 0.6 is 11.3 Å². The molecular formula is C39H24N2OS. The van der Waals surface area contributed by atoms with E-state index in [-0.39, 0.29) is 0 Å². The fourth-order valence-electron chi connectivity index (χ4n) is 6.25. The van der Waals surface area contributed by atoms with Crippen LogP contribution in [0.2, 0.25) is 0 Å². The number of thiophene rings is 1. The Morgan fingerprint density at radius 2 is 1.23 bits per heavy atom. The predicted molar refractivity (Wildman–Crippen MR) is 182 cm³/mol. The number of pyridine rings is 1. The highest BCUT2D eigenvalue weighted by Gasteiger charge is 2.19. The topological polar surface area (TPSA) is 29.3 Å². The molecule has 0 aliphatic carbocycles. The summed E-state index contributed by atoms with van der Waals surface area (Å²) >= 11 is 1.82. The first kappa shape index (κ1) is 24.2. The molecule has 0 saturated heterocycles. The van der Waals surface area contributed by atoms with Gasteiger partial charge in [-0.1, -0.05) is 97.1 Å². The normalized spacial score (nSPS) is 11.7. The minimum Gasteiger partial charge on any atom is -0.456 e. The summed E-state index contributed by atoms with van der Waals surface area (Å²) in [6, 6.07) is 49.2. The number of hydrogen-bond acceptors (Lipinski definition) is 4. The van der Waals surface area contributed by atoms with E-state index in [0.29, 0.717) is 0 Å². The molecule has 0 N–H and O–H groups in total. The molecule has 9 rings (SSSR count). The highest BCUT2D eigenvalue weighted by molar-refractivity contribution is 7.25. The molecule has 0 fully saturated rings. The standard InChI is InChI=1S/C39H24N2OS/c1-2-8-25(9-3-1)26-14-17-28(18-15-26)41(29-19-20-32-31-12-6-7-13-36(31)43-37(32)22-29)38-23-35-33(24-40-38)39-30-11-5-4-10-27(30)16-21-34(39)42-35/h1-24H. The Bertz CT molecular complexity index is 2460. The summed E-state index contributed by atoms with van der Waals surface area (Å²) in [5.41, 5.74) is 6.16. The van der Waals surface area contributed by atoms with E-state index < -0.39 is 0 Å². The van der Waals surface area contributed by atoms with E-state index in [4.69, 9.17) is 9.40 Å². The van der Waals surface area contributed by atoms with E-state index in [9.17, 15) is 0 Å². The number of fused-ring (bicyclic) bond motifs is 8. The largest absolute Gasteiger partial charge is 0.456 e. The van der Waals surface area contributed by atoms with Crippen LogP contribution in [0, 0.1) is 0 Å². The van der Waals surface area contributed by atoms with E-state index in [1.54, 1.807) is 0 Å². The van der Waals surface area contributed by atoms with E-state index in [0.717, 1.165) is 39.1 Å². The number of nitrogens with zero attached hydrogens (tertiary/aromatic N) is 2. The molecule has 0 radical (unpaired) electrons. The smallest absolute Gasteiger partial charge is 0.141 e. The molecule has 0 aliphatic heterocycles. The summed E-state index contributed by atoms with van der Waals surface area (Å²) < 4.78 is 8.99. The molecule has 0 bridgehead atoms. The van der Waals surface area contributed by atoms with Crippen molar-refractivity contribution in [3.05, 3.63) is 146 Å². The lowest BCUT2D eigenvalue weighted by atomic mass is 10.0. The molecular weight excluding hydrogens is 545 g/mol. The van der Waals surface area contributed by atoms with Gasteiger partial charge in [-0.3, -0.25) is 4.90 Å². The van der Waals surface area contributed by atoms with Crippen molar-refractivity contribution in [3.8, 4) is 11.1 Å². The van der Waals surface area contributed by atoms with Crippen molar-refractivity contribution in [2.75, 3.05) is 4.90 Å². The van der Waals surface area contributed by atoms with Crippen LogP contribution in [0.4, 0.5) is 17.2 Å². The van der Waals surface area contributed by atoms with Gasteiger partial charge in [0.05, 0.1) is 0 Å². The van der Waals surface area contributed by atoms with Gasteiger partial charge in [0.25, 0.3) is 0 Å². The van der Waals surface area contributed by atoms with Crippen molar-refractivity contribution >= 4 is 81.4 Å². The molecule has 0 amide bonds. The van der Waals surface area contributed by atoms with Crippen LogP contribution in [0.3, 0.4) is 0 Å². The SMILES string of the molecule is c1ccc(-c2ccc(N(c3ccc4c(c3)sc3ccccc34)c3cc4oc5ccc6ccccc6c5c4cn3)cc2)cc1.